The topological polar surface area (TPSA) is 109 Å². The predicted octanol–water partition coefficient (Wildman–Crippen LogP) is 12.4. The Morgan fingerprint density at radius 2 is 0.983 bits per heavy atom. The van der Waals surface area contributed by atoms with Crippen molar-refractivity contribution in [3.05, 3.63) is 18.2 Å². The molecule has 0 spiro atoms. The normalized spacial score (nSPS) is 13.1. The summed E-state index contributed by atoms with van der Waals surface area (Å²) < 4.78 is 13.1. The number of unbranched alkanes of at least 4 members (excludes halogenated alkanes) is 30. The van der Waals surface area contributed by atoms with Crippen LogP contribution in [0, 0.1) is 0 Å². The fourth-order valence-electron chi connectivity index (χ4n) is 8.23. The maximum atomic E-state index is 13.7. The van der Waals surface area contributed by atoms with E-state index in [1.54, 1.807) is 24.5 Å². The van der Waals surface area contributed by atoms with Gasteiger partial charge in [0.2, 0.25) is 11.8 Å². The van der Waals surface area contributed by atoms with E-state index in [4.69, 9.17) is 9.47 Å². The van der Waals surface area contributed by atoms with Gasteiger partial charge in [0.25, 0.3) is 0 Å². The number of amides is 2. The summed E-state index contributed by atoms with van der Waals surface area (Å²) in [6, 6.07) is -0.687. The summed E-state index contributed by atoms with van der Waals surface area (Å²) in [5.41, 5.74) is 0.803. The van der Waals surface area contributed by atoms with Crippen LogP contribution in [0.25, 0.3) is 0 Å². The number of aromatic amines is 1. The van der Waals surface area contributed by atoms with Crippen LogP contribution >= 0.6 is 0 Å². The van der Waals surface area contributed by atoms with E-state index >= 15 is 0 Å². The quantitative estimate of drug-likeness (QED) is 0.0565. The molecule has 59 heavy (non-hydrogen) atoms. The largest absolute Gasteiger partial charge is 0.374 e. The summed E-state index contributed by atoms with van der Waals surface area (Å²) in [7, 11) is 3.75. The number of hydrogen-bond acceptors (Lipinski definition) is 6. The second-order valence-electron chi connectivity index (χ2n) is 17.7. The van der Waals surface area contributed by atoms with Crippen LogP contribution in [0.5, 0.6) is 0 Å². The average Bonchev–Trinajstić information content (AvgIpc) is 3.74. The van der Waals surface area contributed by atoms with Crippen LogP contribution in [-0.4, -0.2) is 85.3 Å². The standard InChI is InChI=1S/C50H97N5O4/c1-6-8-10-12-14-16-18-20-22-24-26-28-30-32-34-36-38-58-48(42-51-4)49(43-55(5)50(57)47(54-45(3)56)40-46-41-52-44-53-46)59-39-37-35-33-31-29-27-25-23-21-19-17-15-13-11-9-7-2/h41,44,47-49,51H,6-40,42-43H2,1-5H3,(H,52,53)(H,54,56). The van der Waals surface area contributed by atoms with Crippen molar-refractivity contribution in [3.8, 4) is 0 Å². The van der Waals surface area contributed by atoms with Gasteiger partial charge < -0.3 is 30.0 Å². The van der Waals surface area contributed by atoms with Gasteiger partial charge >= 0.3 is 0 Å². The zero-order valence-corrected chi connectivity index (χ0v) is 39.6. The van der Waals surface area contributed by atoms with Crippen LogP contribution in [0.4, 0.5) is 0 Å². The molecule has 9 nitrogen and oxygen atoms in total. The smallest absolute Gasteiger partial charge is 0.245 e. The lowest BCUT2D eigenvalue weighted by Crippen LogP contribution is -2.52. The molecule has 3 unspecified atom stereocenters. The second-order valence-corrected chi connectivity index (χ2v) is 17.7. The van der Waals surface area contributed by atoms with Crippen LogP contribution in [-0.2, 0) is 25.5 Å². The Bertz CT molecular complexity index is 1040. The van der Waals surface area contributed by atoms with Gasteiger partial charge in [-0.2, -0.15) is 0 Å². The van der Waals surface area contributed by atoms with Crippen LogP contribution in [0.3, 0.4) is 0 Å². The molecule has 9 heteroatoms. The zero-order valence-electron chi connectivity index (χ0n) is 39.6. The number of carbonyl (C=O) groups is 2. The Labute approximate surface area is 364 Å². The number of nitrogens with zero attached hydrogens (tertiary/aromatic N) is 2. The van der Waals surface area contributed by atoms with Crippen molar-refractivity contribution in [3.63, 3.8) is 0 Å². The lowest BCUT2D eigenvalue weighted by atomic mass is 10.0. The molecule has 3 atom stereocenters. The molecule has 1 aromatic heterocycles. The Morgan fingerprint density at radius 1 is 0.610 bits per heavy atom. The molecule has 1 heterocycles. The molecule has 0 aromatic carbocycles. The number of carbonyl (C=O) groups excluding carboxylic acids is 2. The first kappa shape index (κ1) is 55.0. The Balaban J connectivity index is 2.48. The van der Waals surface area contributed by atoms with Gasteiger partial charge in [-0.15, -0.1) is 0 Å². The highest BCUT2D eigenvalue weighted by Crippen LogP contribution is 2.17. The number of rotatable bonds is 45. The summed E-state index contributed by atoms with van der Waals surface area (Å²) in [5, 5.41) is 6.17. The first-order valence-corrected chi connectivity index (χ1v) is 25.3. The van der Waals surface area contributed by atoms with Gasteiger partial charge in [-0.25, -0.2) is 4.98 Å². The lowest BCUT2D eigenvalue weighted by Gasteiger charge is -2.32. The van der Waals surface area contributed by atoms with Crippen LogP contribution < -0.4 is 10.6 Å². The number of likely N-dealkylation sites (N-methyl/N-ethyl adjacent to an activating group) is 2. The molecule has 1 rings (SSSR count). The van der Waals surface area contributed by atoms with Gasteiger partial charge in [0.05, 0.1) is 12.4 Å². The summed E-state index contributed by atoms with van der Waals surface area (Å²) >= 11 is 0. The van der Waals surface area contributed by atoms with Crippen molar-refractivity contribution >= 4 is 11.8 Å². The van der Waals surface area contributed by atoms with Crippen molar-refractivity contribution < 1.29 is 19.1 Å². The van der Waals surface area contributed by atoms with E-state index in [2.05, 4.69) is 34.4 Å². The summed E-state index contributed by atoms with van der Waals surface area (Å²) in [6.45, 7) is 8.40. The number of H-pyrrole nitrogens is 1. The monoisotopic (exact) mass is 832 g/mol. The highest BCUT2D eigenvalue weighted by Gasteiger charge is 2.30. The molecular weight excluding hydrogens is 735 g/mol. The summed E-state index contributed by atoms with van der Waals surface area (Å²) in [5.74, 6) is -0.380. The molecular formula is C50H97N5O4. The lowest BCUT2D eigenvalue weighted by molar-refractivity contribution is -0.139. The molecule has 0 aliphatic carbocycles. The van der Waals surface area contributed by atoms with Gasteiger partial charge in [-0.05, 0) is 19.9 Å². The third-order valence-corrected chi connectivity index (χ3v) is 12.0. The number of nitrogens with one attached hydrogen (secondary N) is 3. The molecule has 0 aliphatic rings. The molecule has 0 saturated heterocycles. The second kappa shape index (κ2) is 41.4. The maximum absolute atomic E-state index is 13.7. The maximum Gasteiger partial charge on any atom is 0.245 e. The Kier molecular flexibility index (Phi) is 38.6. The van der Waals surface area contributed by atoms with Crippen molar-refractivity contribution in [2.45, 2.75) is 251 Å². The minimum atomic E-state index is -0.687. The Hall–Kier alpha value is -1.97. The Morgan fingerprint density at radius 3 is 1.32 bits per heavy atom. The SMILES string of the molecule is CCCCCCCCCCCCCCCCCCOC(CNC)C(CN(C)C(=O)C(Cc1cnc[nH]1)NC(C)=O)OCCCCCCCCCCCCCCCCCC. The molecule has 2 amide bonds. The molecule has 0 bridgehead atoms. The van der Waals surface area contributed by atoms with E-state index in [1.165, 1.54) is 193 Å². The van der Waals surface area contributed by atoms with E-state index < -0.39 is 6.04 Å². The van der Waals surface area contributed by atoms with Crippen LogP contribution in [0.2, 0.25) is 0 Å². The summed E-state index contributed by atoms with van der Waals surface area (Å²) in [4.78, 5) is 34.7. The van der Waals surface area contributed by atoms with Crippen molar-refractivity contribution in [1.29, 1.82) is 0 Å². The van der Waals surface area contributed by atoms with Crippen molar-refractivity contribution in [2.75, 3.05) is 40.4 Å². The fourth-order valence-corrected chi connectivity index (χ4v) is 8.23. The van der Waals surface area contributed by atoms with Crippen molar-refractivity contribution in [2.24, 2.45) is 0 Å². The van der Waals surface area contributed by atoms with E-state index in [0.29, 0.717) is 32.7 Å². The number of ether oxygens (including phenoxy) is 2. The molecule has 0 radical (unpaired) electrons. The van der Waals surface area contributed by atoms with E-state index in [-0.39, 0.29) is 24.0 Å². The fraction of sp³-hybridized carbons (Fsp3) is 0.900. The molecule has 0 aliphatic heterocycles. The summed E-state index contributed by atoms with van der Waals surface area (Å²) in [6.07, 6.45) is 46.1. The van der Waals surface area contributed by atoms with Gasteiger partial charge in [0, 0.05) is 58.6 Å². The number of imidazole rings is 1. The van der Waals surface area contributed by atoms with Gasteiger partial charge in [-0.1, -0.05) is 206 Å². The van der Waals surface area contributed by atoms with E-state index in [0.717, 1.165) is 25.0 Å². The van der Waals surface area contributed by atoms with Gasteiger partial charge in [0.1, 0.15) is 12.1 Å². The molecule has 3 N–H and O–H groups in total. The number of aromatic nitrogens is 2. The number of hydrogen-bond donors (Lipinski definition) is 3. The van der Waals surface area contributed by atoms with Crippen LogP contribution in [0.15, 0.2) is 12.5 Å². The highest BCUT2D eigenvalue weighted by molar-refractivity contribution is 5.87. The minimum absolute atomic E-state index is 0.146. The zero-order chi connectivity index (χ0) is 42.9. The molecule has 346 valence electrons. The molecule has 1 aromatic rings. The van der Waals surface area contributed by atoms with Gasteiger partial charge in [0.15, 0.2) is 0 Å². The van der Waals surface area contributed by atoms with Crippen molar-refractivity contribution in [1.82, 2.24) is 25.5 Å². The minimum Gasteiger partial charge on any atom is -0.374 e. The predicted molar refractivity (Wildman–Crippen MR) is 250 cm³/mol. The molecule has 0 fully saturated rings. The molecule has 0 saturated carbocycles. The van der Waals surface area contributed by atoms with E-state index in [1.807, 2.05) is 7.05 Å². The average molecular weight is 832 g/mol. The first-order valence-electron chi connectivity index (χ1n) is 25.3. The third kappa shape index (κ3) is 33.4. The van der Waals surface area contributed by atoms with Crippen LogP contribution in [0.1, 0.15) is 232 Å². The van der Waals surface area contributed by atoms with E-state index in [9.17, 15) is 9.59 Å². The first-order chi connectivity index (χ1) is 28.9. The highest BCUT2D eigenvalue weighted by atomic mass is 16.5. The third-order valence-electron chi connectivity index (χ3n) is 12.0. The van der Waals surface area contributed by atoms with Gasteiger partial charge in [-0.3, -0.25) is 9.59 Å².